The Balaban J connectivity index is 0.796. The van der Waals surface area contributed by atoms with Gasteiger partial charge in [0.15, 0.2) is 0 Å². The van der Waals surface area contributed by atoms with E-state index in [1.54, 1.807) is 15.0 Å². The van der Waals surface area contributed by atoms with Gasteiger partial charge in [0.25, 0.3) is 17.7 Å². The highest BCUT2D eigenvalue weighted by atomic mass is 16.5. The summed E-state index contributed by atoms with van der Waals surface area (Å²) in [6, 6.07) is 83.4. The highest BCUT2D eigenvalue weighted by Gasteiger charge is 2.61. The normalized spacial score (nSPS) is 14.8. The van der Waals surface area contributed by atoms with Crippen LogP contribution in [0.5, 0.6) is 34.5 Å². The Morgan fingerprint density at radius 2 is 0.472 bits per heavy atom. The molecule has 9 heterocycles. The zero-order valence-electron chi connectivity index (χ0n) is 85.8. The Hall–Kier alpha value is -15.1. The van der Waals surface area contributed by atoms with E-state index in [1.165, 1.54) is 0 Å². The minimum Gasteiger partial charge on any atom is -0.456 e. The van der Waals surface area contributed by atoms with Crippen LogP contribution in [0.1, 0.15) is 240 Å². The molecule has 0 unspecified atom stereocenters. The molecule has 732 valence electrons. The average molecular weight is 1910 g/mol. The van der Waals surface area contributed by atoms with Crippen LogP contribution in [-0.4, -0.2) is 144 Å². The van der Waals surface area contributed by atoms with Crippen LogP contribution in [0, 0.1) is 0 Å². The molecule has 0 N–H and O–H groups in total. The number of fused-ring (bicyclic) bond motifs is 30. The topological polar surface area (TPSA) is 160 Å². The van der Waals surface area contributed by atoms with E-state index in [-0.39, 0.29) is 17.7 Å². The van der Waals surface area contributed by atoms with Gasteiger partial charge in [-0.1, -0.05) is 149 Å². The monoisotopic (exact) mass is 1910 g/mol. The summed E-state index contributed by atoms with van der Waals surface area (Å²) in [6.07, 6.45) is 11.2. The molecular weight excluding hydrogens is 1780 g/mol. The van der Waals surface area contributed by atoms with Crippen molar-refractivity contribution in [3.63, 3.8) is 0 Å². The van der Waals surface area contributed by atoms with Crippen LogP contribution in [0.2, 0.25) is 0 Å². The van der Waals surface area contributed by atoms with Gasteiger partial charge in [0.05, 0.1) is 35.2 Å². The molecule has 22 rings (SSSR count). The number of aromatic nitrogens is 3. The Morgan fingerprint density at radius 3 is 0.681 bits per heavy atom. The minimum absolute atomic E-state index is 0.217. The number of rotatable bonds is 33. The number of benzene rings is 13. The van der Waals surface area contributed by atoms with E-state index in [0.29, 0.717) is 70.8 Å². The van der Waals surface area contributed by atoms with Crippen LogP contribution in [-0.2, 0) is 36.3 Å². The standard InChI is InChI=1S/C123H129N15O6/c1-16-31-64-133-103-61-46-79(76-124-136-118(139)88-40-34-37-43-94(88)121(136)97-55-49-82(127(19-4)20-5)70-106(97)142-107-71-83(50-56-98(107)121)128(21-6)22-7)67-91(103)112-115(133)113-92-68-80(77-125-137-119(140)89-41-35-38-44-95(89)122(137)99-57-51-84(129(23-8)24-9)72-108(99)143-109-73-85(52-58-100(109)122)130(25-10)26-11)47-62-104(92)134(65-32-17-2)117(113)114-93-69-81(48-63-105(93)135(116(112)114)66-33-18-3)78-126-138-120(141)90-42-36-39-45-96(90)123(138)101-59-53-86(131(27-12)28-13)74-110(101)144-111-75-87(54-60-102(111)123)132(29-14)30-15/h34-63,67-78H,16-33,64-66H2,1-15H3/b124-76+,125-77+,126-78+. The third-order valence-corrected chi connectivity index (χ3v) is 31.9. The Bertz CT molecular complexity index is 6980. The number of hydrazone groups is 3. The summed E-state index contributed by atoms with van der Waals surface area (Å²) in [5, 5.41) is 28.6. The largest absolute Gasteiger partial charge is 0.456 e. The first-order chi connectivity index (χ1) is 70.5. The lowest BCUT2D eigenvalue weighted by atomic mass is 9.75. The summed E-state index contributed by atoms with van der Waals surface area (Å²) in [5.74, 6) is 3.37. The summed E-state index contributed by atoms with van der Waals surface area (Å²) in [5.41, 5.74) is 20.6. The van der Waals surface area contributed by atoms with Crippen LogP contribution in [0.15, 0.2) is 252 Å². The maximum atomic E-state index is 16.2. The van der Waals surface area contributed by atoms with Gasteiger partial charge in [0.1, 0.15) is 51.1 Å². The van der Waals surface area contributed by atoms with Crippen molar-refractivity contribution in [3.05, 3.63) is 320 Å². The lowest BCUT2D eigenvalue weighted by Gasteiger charge is -2.42. The van der Waals surface area contributed by atoms with Crippen molar-refractivity contribution in [1.82, 2.24) is 28.7 Å². The molecular formula is C123H129N15O6. The van der Waals surface area contributed by atoms with Gasteiger partial charge < -0.3 is 57.3 Å². The summed E-state index contributed by atoms with van der Waals surface area (Å²) >= 11 is 0. The van der Waals surface area contributed by atoms with E-state index in [9.17, 15) is 0 Å². The molecule has 6 aliphatic heterocycles. The molecule has 0 atom stereocenters. The molecule has 3 spiro atoms. The SMILES string of the molecule is CCCCn1c2ccc(/C=N/N3C(=O)c4ccccc4C34c3ccc(N(CC)CC)cc3Oc3cc(N(CC)CC)ccc34)cc2c2c1c1c3cc(/C=N/N4C(=O)c5ccccc5C45c4ccc(N(CC)CC)cc4Oc4cc(N(CC)CC)ccc45)ccc3n(CCCC)c1c1c3cc(/C=N/N4C(=O)c5ccccc5C45c4ccc(N(CC)CC)cc4Oc4cc(N(CC)CC)ccc45)ccc3n(CCCC)c21. The van der Waals surface area contributed by atoms with E-state index >= 15 is 14.4 Å². The summed E-state index contributed by atoms with van der Waals surface area (Å²) in [7, 11) is 0. The fourth-order valence-electron chi connectivity index (χ4n) is 24.8. The van der Waals surface area contributed by atoms with Gasteiger partial charge in [-0.2, -0.15) is 15.3 Å². The van der Waals surface area contributed by atoms with Crippen LogP contribution >= 0.6 is 0 Å². The van der Waals surface area contributed by atoms with Gasteiger partial charge in [0, 0.05) is 284 Å². The number of hydrogen-bond acceptors (Lipinski definition) is 15. The van der Waals surface area contributed by atoms with Crippen molar-refractivity contribution in [3.8, 4) is 34.5 Å². The number of carbonyl (C=O) groups is 3. The molecule has 3 amide bonds. The molecule has 0 aliphatic carbocycles. The lowest BCUT2D eigenvalue weighted by molar-refractivity contribution is 0.0667. The van der Waals surface area contributed by atoms with Crippen molar-refractivity contribution < 1.29 is 28.6 Å². The molecule has 16 aromatic rings. The summed E-state index contributed by atoms with van der Waals surface area (Å²) < 4.78 is 29.5. The number of unbranched alkanes of at least 4 members (excludes halogenated alkanes) is 3. The van der Waals surface area contributed by atoms with Gasteiger partial charge in [0.2, 0.25) is 0 Å². The third-order valence-electron chi connectivity index (χ3n) is 31.9. The molecule has 21 heteroatoms. The van der Waals surface area contributed by atoms with E-state index in [1.807, 2.05) is 73.2 Å². The van der Waals surface area contributed by atoms with Crippen LogP contribution < -0.4 is 43.6 Å². The number of nitrogens with zero attached hydrogens (tertiary/aromatic N) is 15. The second kappa shape index (κ2) is 37.6. The molecule has 0 bridgehead atoms. The fourth-order valence-corrected chi connectivity index (χ4v) is 24.8. The number of aryl methyl sites for hydroxylation is 3. The van der Waals surface area contributed by atoms with Crippen molar-refractivity contribution in [2.45, 2.75) is 179 Å². The van der Waals surface area contributed by atoms with Crippen LogP contribution in [0.3, 0.4) is 0 Å². The van der Waals surface area contributed by atoms with E-state index in [2.05, 4.69) is 329 Å². The Morgan fingerprint density at radius 1 is 0.257 bits per heavy atom. The van der Waals surface area contributed by atoms with Gasteiger partial charge in [-0.3, -0.25) is 14.4 Å². The zero-order valence-corrected chi connectivity index (χ0v) is 85.8. The molecule has 3 aromatic heterocycles. The first-order valence-corrected chi connectivity index (χ1v) is 52.8. The second-order valence-corrected chi connectivity index (χ2v) is 38.8. The molecule has 0 saturated carbocycles. The maximum Gasteiger partial charge on any atom is 0.275 e. The predicted molar refractivity (Wildman–Crippen MR) is 591 cm³/mol. The van der Waals surface area contributed by atoms with Crippen molar-refractivity contribution in [2.75, 3.05) is 108 Å². The van der Waals surface area contributed by atoms with Gasteiger partial charge in [-0.25, -0.2) is 15.0 Å². The maximum absolute atomic E-state index is 16.2. The second-order valence-electron chi connectivity index (χ2n) is 38.8. The molecule has 13 aromatic carbocycles. The van der Waals surface area contributed by atoms with Crippen molar-refractivity contribution in [1.29, 1.82) is 0 Å². The third kappa shape index (κ3) is 14.1. The number of anilines is 6. The van der Waals surface area contributed by atoms with Crippen LogP contribution in [0.4, 0.5) is 34.1 Å². The first kappa shape index (κ1) is 93.8. The van der Waals surface area contributed by atoms with Gasteiger partial charge >= 0.3 is 0 Å². The molecule has 144 heavy (non-hydrogen) atoms. The molecule has 0 fully saturated rings. The molecule has 0 radical (unpaired) electrons. The average Bonchev–Trinajstić information content (AvgIpc) is 1.53. The van der Waals surface area contributed by atoms with E-state index < -0.39 is 16.6 Å². The number of amides is 3. The van der Waals surface area contributed by atoms with Crippen molar-refractivity contribution in [2.24, 2.45) is 15.3 Å². The lowest BCUT2D eigenvalue weighted by Crippen LogP contribution is -2.44. The minimum atomic E-state index is -1.25. The van der Waals surface area contributed by atoms with Crippen LogP contribution in [0.25, 0.3) is 65.4 Å². The Labute approximate surface area is 844 Å². The molecule has 6 aliphatic rings. The Kier molecular flexibility index (Phi) is 24.5. The number of ether oxygens (including phenoxy) is 3. The van der Waals surface area contributed by atoms with Crippen molar-refractivity contribution >= 4 is 136 Å². The molecule has 21 nitrogen and oxygen atoms in total. The fraction of sp³-hybridized carbons (Fsp3) is 0.317. The highest BCUT2D eigenvalue weighted by Crippen LogP contribution is 2.64. The smallest absolute Gasteiger partial charge is 0.275 e. The summed E-state index contributed by atoms with van der Waals surface area (Å²) in [6.45, 7) is 44.7. The quantitative estimate of drug-likeness (QED) is 0.0359. The first-order valence-electron chi connectivity index (χ1n) is 52.8. The van der Waals surface area contributed by atoms with Gasteiger partial charge in [-0.15, -0.1) is 0 Å². The van der Waals surface area contributed by atoms with Gasteiger partial charge in [-0.05, 0) is 210 Å². The van der Waals surface area contributed by atoms with E-state index in [4.69, 9.17) is 29.5 Å². The number of hydrogen-bond donors (Lipinski definition) is 0. The predicted octanol–water partition coefficient (Wildman–Crippen LogP) is 27.2. The number of carbonyl (C=O) groups excluding carboxylic acids is 3. The summed E-state index contributed by atoms with van der Waals surface area (Å²) in [4.78, 5) is 62.5. The molecule has 0 saturated heterocycles. The highest BCUT2D eigenvalue weighted by molar-refractivity contribution is 6.40. The van der Waals surface area contributed by atoms with E-state index in [0.717, 1.165) is 283 Å². The zero-order chi connectivity index (χ0) is 99.5.